The van der Waals surface area contributed by atoms with Crippen molar-refractivity contribution in [3.63, 3.8) is 0 Å². The second-order valence-electron chi connectivity index (χ2n) is 16.8. The van der Waals surface area contributed by atoms with E-state index in [1.165, 1.54) is 53.9 Å². The first-order chi connectivity index (χ1) is 23.7. The number of fused-ring (bicyclic) bond motifs is 7. The summed E-state index contributed by atoms with van der Waals surface area (Å²) in [6.07, 6.45) is 0. The van der Waals surface area contributed by atoms with E-state index < -0.39 is 16.1 Å². The van der Waals surface area contributed by atoms with E-state index in [1.807, 2.05) is 0 Å². The lowest BCUT2D eigenvalue weighted by atomic mass is 9.93. The van der Waals surface area contributed by atoms with Crippen LogP contribution in [-0.4, -0.2) is 16.1 Å². The second kappa shape index (κ2) is 13.7. The van der Waals surface area contributed by atoms with Crippen LogP contribution >= 0.6 is 0 Å². The summed E-state index contributed by atoms with van der Waals surface area (Å²) in [7, 11) is -3.57. The van der Waals surface area contributed by atoms with E-state index in [9.17, 15) is 0 Å². The third-order valence-corrected chi connectivity index (χ3v) is 24.9. The molecule has 0 unspecified atom stereocenters. The van der Waals surface area contributed by atoms with E-state index in [0.717, 1.165) is 11.1 Å². The Labute approximate surface area is 304 Å². The van der Waals surface area contributed by atoms with Crippen LogP contribution in [0.3, 0.4) is 0 Å². The molecule has 0 aliphatic rings. The summed E-state index contributed by atoms with van der Waals surface area (Å²) in [5.41, 5.74) is 13.9. The van der Waals surface area contributed by atoms with Gasteiger partial charge in [0.25, 0.3) is 0 Å². The number of hydrogen-bond acceptors (Lipinski definition) is 0. The Kier molecular flexibility index (Phi) is 9.87. The summed E-state index contributed by atoms with van der Waals surface area (Å²) in [6.45, 7) is 28.6. The van der Waals surface area contributed by atoms with Crippen molar-refractivity contribution < 1.29 is 0 Å². The molecule has 0 aromatic heterocycles. The zero-order chi connectivity index (χ0) is 36.1. The summed E-state index contributed by atoms with van der Waals surface area (Å²) < 4.78 is 0. The third kappa shape index (κ3) is 6.10. The predicted octanol–water partition coefficient (Wildman–Crippen LogP) is 14.6. The van der Waals surface area contributed by atoms with E-state index >= 15 is 0 Å². The monoisotopic (exact) mass is 688 g/mol. The maximum Gasteiger partial charge on any atom is 0.146 e. The van der Waals surface area contributed by atoms with Gasteiger partial charge in [-0.05, 0) is 136 Å². The fraction of sp³-hybridized carbons (Fsp3) is 0.375. The van der Waals surface area contributed by atoms with E-state index in [2.05, 4.69) is 191 Å². The van der Waals surface area contributed by atoms with Gasteiger partial charge in [0, 0.05) is 11.1 Å². The molecule has 0 heterocycles. The second-order valence-corrected chi connectivity index (χ2v) is 28.0. The minimum atomic E-state index is -1.78. The highest BCUT2D eigenvalue weighted by Gasteiger charge is 2.42. The lowest BCUT2D eigenvalue weighted by Gasteiger charge is -2.38. The van der Waals surface area contributed by atoms with E-state index in [0.29, 0.717) is 33.2 Å². The zero-order valence-corrected chi connectivity index (χ0v) is 34.5. The highest BCUT2D eigenvalue weighted by atomic mass is 28.3. The molecule has 0 aliphatic carbocycles. The van der Waals surface area contributed by atoms with Gasteiger partial charge in [-0.15, -0.1) is 11.1 Å². The third-order valence-electron chi connectivity index (χ3n) is 12.3. The van der Waals surface area contributed by atoms with Crippen LogP contribution in [0.2, 0.25) is 33.2 Å². The number of benzene rings is 6. The molecule has 0 saturated heterocycles. The minimum absolute atomic E-state index is 0.629. The van der Waals surface area contributed by atoms with Crippen molar-refractivity contribution in [2.24, 2.45) is 0 Å². The molecule has 2 heteroatoms. The van der Waals surface area contributed by atoms with E-state index in [-0.39, 0.29) is 0 Å². The topological polar surface area (TPSA) is 0 Å². The van der Waals surface area contributed by atoms with Gasteiger partial charge >= 0.3 is 0 Å². The first-order valence-electron chi connectivity index (χ1n) is 19.0. The van der Waals surface area contributed by atoms with Gasteiger partial charge < -0.3 is 0 Å². The SMILES string of the molecule is CC(C)[Si](C#Cc1ccc2cc3c(ccc4c5cc6ccc(C#C[Si](C(C)C)(C(C)C)C(C)C)cc6cc5ccc34)cc2c1)(C(C)C)C(C)C. The van der Waals surface area contributed by atoms with E-state index in [4.69, 9.17) is 0 Å². The maximum atomic E-state index is 3.91. The summed E-state index contributed by atoms with van der Waals surface area (Å²) in [4.78, 5) is 0. The molecule has 256 valence electrons. The van der Waals surface area contributed by atoms with Crippen LogP contribution in [0.25, 0.3) is 53.9 Å². The van der Waals surface area contributed by atoms with Gasteiger partial charge in [-0.2, -0.15) is 0 Å². The lowest BCUT2D eigenvalue weighted by molar-refractivity contribution is 0.838. The van der Waals surface area contributed by atoms with Crippen molar-refractivity contribution in [2.45, 2.75) is 116 Å². The Morgan fingerprint density at radius 1 is 0.320 bits per heavy atom. The van der Waals surface area contributed by atoms with Crippen LogP contribution in [0, 0.1) is 22.9 Å². The van der Waals surface area contributed by atoms with Crippen molar-refractivity contribution in [3.05, 3.63) is 96.1 Å². The van der Waals surface area contributed by atoms with Gasteiger partial charge in [-0.3, -0.25) is 0 Å². The lowest BCUT2D eigenvalue weighted by Crippen LogP contribution is -2.43. The van der Waals surface area contributed by atoms with Crippen molar-refractivity contribution in [2.75, 3.05) is 0 Å². The van der Waals surface area contributed by atoms with Gasteiger partial charge in [0.1, 0.15) is 16.1 Å². The van der Waals surface area contributed by atoms with Gasteiger partial charge in [0.05, 0.1) is 0 Å². The molecule has 0 atom stereocenters. The summed E-state index contributed by atoms with van der Waals surface area (Å²) in [5, 5.41) is 12.8. The largest absolute Gasteiger partial charge is 0.146 e. The smallest absolute Gasteiger partial charge is 0.125 e. The van der Waals surface area contributed by atoms with E-state index in [1.54, 1.807) is 0 Å². The molecule has 6 rings (SSSR count). The molecule has 0 bridgehead atoms. The molecule has 50 heavy (non-hydrogen) atoms. The Morgan fingerprint density at radius 3 is 0.960 bits per heavy atom. The number of hydrogen-bond donors (Lipinski definition) is 0. The molecule has 0 spiro atoms. The average molecular weight is 689 g/mol. The standard InChI is InChI=1S/C48H56Si2/c1-31(2)49(32(3)4,33(5)6)23-21-37-13-15-39-29-47-41(27-43(39)25-37)17-19-46-45(47)20-18-42-28-44-26-38(14-16-40(44)30-48(42)46)22-24-50(34(7)8,35(9)10)36(11)12/h13-20,25-36H,1-12H3. The quantitative estimate of drug-likeness (QED) is 0.0707. The maximum absolute atomic E-state index is 3.91. The highest BCUT2D eigenvalue weighted by molar-refractivity contribution is 6.91. The molecule has 0 fully saturated rings. The molecular formula is C48H56Si2. The van der Waals surface area contributed by atoms with Crippen LogP contribution in [0.5, 0.6) is 0 Å². The Bertz CT molecular complexity index is 2150. The van der Waals surface area contributed by atoms with Crippen LogP contribution in [0.15, 0.2) is 84.9 Å². The van der Waals surface area contributed by atoms with Gasteiger partial charge in [0.15, 0.2) is 0 Å². The highest BCUT2D eigenvalue weighted by Crippen LogP contribution is 2.42. The van der Waals surface area contributed by atoms with Crippen molar-refractivity contribution in [3.8, 4) is 22.9 Å². The molecule has 6 aromatic rings. The zero-order valence-electron chi connectivity index (χ0n) is 32.5. The molecule has 0 N–H and O–H groups in total. The van der Waals surface area contributed by atoms with Crippen molar-refractivity contribution in [1.29, 1.82) is 0 Å². The molecule has 0 amide bonds. The molecule has 0 radical (unpaired) electrons. The van der Waals surface area contributed by atoms with Crippen LogP contribution in [0.4, 0.5) is 0 Å². The molecule has 6 aromatic carbocycles. The molecule has 0 aliphatic heterocycles. The van der Waals surface area contributed by atoms with Crippen LogP contribution in [0.1, 0.15) is 94.2 Å². The van der Waals surface area contributed by atoms with Gasteiger partial charge in [-0.1, -0.05) is 131 Å². The summed E-state index contributed by atoms with van der Waals surface area (Å²) in [6, 6.07) is 32.3. The van der Waals surface area contributed by atoms with Crippen LogP contribution in [-0.2, 0) is 0 Å². The van der Waals surface area contributed by atoms with Crippen molar-refractivity contribution in [1.82, 2.24) is 0 Å². The minimum Gasteiger partial charge on any atom is -0.125 e. The summed E-state index contributed by atoms with van der Waals surface area (Å²) in [5.74, 6) is 7.34. The first kappa shape index (κ1) is 36.0. The Morgan fingerprint density at radius 2 is 0.640 bits per heavy atom. The average Bonchev–Trinajstić information content (AvgIpc) is 3.05. The fourth-order valence-corrected chi connectivity index (χ4v) is 20.2. The normalized spacial score (nSPS) is 12.8. The van der Waals surface area contributed by atoms with Crippen molar-refractivity contribution >= 4 is 70.0 Å². The fourth-order valence-electron chi connectivity index (χ4n) is 9.75. The molecule has 0 saturated carbocycles. The molecule has 0 nitrogen and oxygen atoms in total. The van der Waals surface area contributed by atoms with Gasteiger partial charge in [0.2, 0.25) is 0 Å². The molecular weight excluding hydrogens is 633 g/mol. The first-order valence-corrected chi connectivity index (χ1v) is 23.5. The number of rotatable bonds is 6. The van der Waals surface area contributed by atoms with Gasteiger partial charge in [-0.25, -0.2) is 0 Å². The Balaban J connectivity index is 1.41. The predicted molar refractivity (Wildman–Crippen MR) is 230 cm³/mol. The summed E-state index contributed by atoms with van der Waals surface area (Å²) >= 11 is 0. The Hall–Kier alpha value is -3.83. The van der Waals surface area contributed by atoms with Crippen LogP contribution < -0.4 is 0 Å².